The van der Waals surface area contributed by atoms with Crippen LogP contribution in [0.4, 0.5) is 5.82 Å². The zero-order valence-corrected chi connectivity index (χ0v) is 14.6. The van der Waals surface area contributed by atoms with E-state index in [9.17, 15) is 4.79 Å². The Bertz CT molecular complexity index is 563. The molecule has 0 saturated carbocycles. The van der Waals surface area contributed by atoms with Crippen molar-refractivity contribution in [1.29, 1.82) is 0 Å². The Hall–Kier alpha value is -0.980. The van der Waals surface area contributed by atoms with E-state index in [4.69, 9.17) is 9.47 Å². The number of carbonyl (C=O) groups excluding carboxylic acids is 1. The van der Waals surface area contributed by atoms with Crippen LogP contribution < -0.4 is 4.90 Å². The topological polar surface area (TPSA) is 51.7 Å². The Labute approximate surface area is 139 Å². The molecule has 5 nitrogen and oxygen atoms in total. The molecule has 0 radical (unpaired) electrons. The molecule has 2 aliphatic rings. The molecule has 0 N–H and O–H groups in total. The van der Waals surface area contributed by atoms with Gasteiger partial charge in [-0.05, 0) is 55.1 Å². The van der Waals surface area contributed by atoms with Gasteiger partial charge in [-0.3, -0.25) is 4.79 Å². The predicted octanol–water partition coefficient (Wildman–Crippen LogP) is 3.01. The Balaban J connectivity index is 1.84. The number of rotatable bonds is 4. The van der Waals surface area contributed by atoms with Crippen LogP contribution in [0.25, 0.3) is 0 Å². The molecule has 1 aromatic heterocycles. The average molecular weight is 369 g/mol. The Morgan fingerprint density at radius 3 is 2.82 bits per heavy atom. The van der Waals surface area contributed by atoms with Crippen molar-refractivity contribution in [3.8, 4) is 0 Å². The lowest BCUT2D eigenvalue weighted by Crippen LogP contribution is -2.49. The third kappa shape index (κ3) is 3.34. The van der Waals surface area contributed by atoms with E-state index in [1.807, 2.05) is 24.8 Å². The second kappa shape index (κ2) is 6.26. The summed E-state index contributed by atoms with van der Waals surface area (Å²) in [7, 11) is 0. The summed E-state index contributed by atoms with van der Waals surface area (Å²) in [6.07, 6.45) is 4.73. The van der Waals surface area contributed by atoms with Gasteiger partial charge in [0.15, 0.2) is 12.1 Å². The molecule has 0 bridgehead atoms. The van der Waals surface area contributed by atoms with Crippen LogP contribution >= 0.6 is 15.9 Å². The predicted molar refractivity (Wildman–Crippen MR) is 86.9 cm³/mol. The fourth-order valence-electron chi connectivity index (χ4n) is 2.85. The molecule has 0 spiro atoms. The molecule has 3 rings (SSSR count). The molecule has 0 aliphatic carbocycles. The van der Waals surface area contributed by atoms with Crippen LogP contribution in [0.3, 0.4) is 0 Å². The molecule has 1 aromatic rings. The molecule has 2 fully saturated rings. The monoisotopic (exact) mass is 368 g/mol. The molecule has 0 aromatic carbocycles. The second-order valence-electron chi connectivity index (χ2n) is 6.34. The van der Waals surface area contributed by atoms with E-state index in [0.717, 1.165) is 41.7 Å². The van der Waals surface area contributed by atoms with E-state index in [1.54, 1.807) is 6.20 Å². The van der Waals surface area contributed by atoms with Gasteiger partial charge in [0.05, 0.1) is 18.7 Å². The van der Waals surface area contributed by atoms with Crippen molar-refractivity contribution in [2.45, 2.75) is 45.0 Å². The molecule has 2 saturated heterocycles. The number of ketones is 1. The maximum Gasteiger partial charge on any atom is 0.171 e. The molecular weight excluding hydrogens is 348 g/mol. The number of aromatic nitrogens is 1. The highest BCUT2D eigenvalue weighted by Gasteiger charge is 2.35. The van der Waals surface area contributed by atoms with Crippen LogP contribution in [0.5, 0.6) is 0 Å². The van der Waals surface area contributed by atoms with Gasteiger partial charge in [0, 0.05) is 22.8 Å². The van der Waals surface area contributed by atoms with Gasteiger partial charge in [0.1, 0.15) is 5.82 Å². The highest BCUT2D eigenvalue weighted by atomic mass is 79.9. The SMILES string of the molecule is CC(C)(O[C@H]1CCCCO1)c1cc(Br)cnc1N1CC(=O)C1. The largest absolute Gasteiger partial charge is 0.353 e. The molecule has 0 unspecified atom stereocenters. The van der Waals surface area contributed by atoms with Crippen LogP contribution in [-0.2, 0) is 19.9 Å². The van der Waals surface area contributed by atoms with Gasteiger partial charge >= 0.3 is 0 Å². The van der Waals surface area contributed by atoms with Gasteiger partial charge in [-0.25, -0.2) is 4.98 Å². The van der Waals surface area contributed by atoms with Gasteiger partial charge in [0.25, 0.3) is 0 Å². The summed E-state index contributed by atoms with van der Waals surface area (Å²) in [5, 5.41) is 0. The summed E-state index contributed by atoms with van der Waals surface area (Å²) in [6.45, 7) is 5.67. The number of anilines is 1. The molecule has 22 heavy (non-hydrogen) atoms. The van der Waals surface area contributed by atoms with Gasteiger partial charge in [-0.15, -0.1) is 0 Å². The van der Waals surface area contributed by atoms with Gasteiger partial charge < -0.3 is 14.4 Å². The second-order valence-corrected chi connectivity index (χ2v) is 7.26. The van der Waals surface area contributed by atoms with Crippen molar-refractivity contribution in [3.05, 3.63) is 22.3 Å². The summed E-state index contributed by atoms with van der Waals surface area (Å²) in [4.78, 5) is 17.8. The first-order chi connectivity index (χ1) is 10.5. The lowest BCUT2D eigenvalue weighted by molar-refractivity contribution is -0.218. The minimum absolute atomic E-state index is 0.173. The van der Waals surface area contributed by atoms with Crippen molar-refractivity contribution in [1.82, 2.24) is 4.98 Å². The third-order valence-electron chi connectivity index (χ3n) is 4.08. The van der Waals surface area contributed by atoms with Crippen LogP contribution in [0.15, 0.2) is 16.7 Å². The number of nitrogens with zero attached hydrogens (tertiary/aromatic N) is 2. The first-order valence-corrected chi connectivity index (χ1v) is 8.47. The summed E-state index contributed by atoms with van der Waals surface area (Å²) < 4.78 is 12.8. The highest BCUT2D eigenvalue weighted by Crippen LogP contribution is 2.36. The third-order valence-corrected chi connectivity index (χ3v) is 4.51. The van der Waals surface area contributed by atoms with Crippen LogP contribution in [0.1, 0.15) is 38.7 Å². The Morgan fingerprint density at radius 1 is 1.41 bits per heavy atom. The molecule has 120 valence electrons. The molecule has 1 atom stereocenters. The number of ether oxygens (including phenoxy) is 2. The van der Waals surface area contributed by atoms with E-state index < -0.39 is 5.60 Å². The molecule has 3 heterocycles. The van der Waals surface area contributed by atoms with Crippen LogP contribution in [-0.4, -0.2) is 36.8 Å². The van der Waals surface area contributed by atoms with Crippen LogP contribution in [0.2, 0.25) is 0 Å². The molecule has 0 amide bonds. The van der Waals surface area contributed by atoms with Crippen molar-refractivity contribution in [2.75, 3.05) is 24.6 Å². The number of carbonyl (C=O) groups is 1. The maximum absolute atomic E-state index is 11.3. The summed E-state index contributed by atoms with van der Waals surface area (Å²) in [5.74, 6) is 1.06. The zero-order chi connectivity index (χ0) is 15.7. The highest BCUT2D eigenvalue weighted by molar-refractivity contribution is 9.10. The first-order valence-electron chi connectivity index (χ1n) is 7.68. The van der Waals surface area contributed by atoms with E-state index >= 15 is 0 Å². The number of hydrogen-bond donors (Lipinski definition) is 0. The summed E-state index contributed by atoms with van der Waals surface area (Å²) >= 11 is 3.48. The van der Waals surface area contributed by atoms with Crippen LogP contribution in [0, 0.1) is 0 Å². The van der Waals surface area contributed by atoms with E-state index in [2.05, 4.69) is 20.9 Å². The number of hydrogen-bond acceptors (Lipinski definition) is 5. The number of halogens is 1. The summed E-state index contributed by atoms with van der Waals surface area (Å²) in [6, 6.07) is 2.02. The Morgan fingerprint density at radius 2 is 2.18 bits per heavy atom. The van der Waals surface area contributed by atoms with Gasteiger partial charge in [0.2, 0.25) is 0 Å². The molecule has 6 heteroatoms. The lowest BCUT2D eigenvalue weighted by Gasteiger charge is -2.38. The number of pyridine rings is 1. The van der Waals surface area contributed by atoms with Crippen molar-refractivity contribution < 1.29 is 14.3 Å². The normalized spacial score (nSPS) is 22.6. The van der Waals surface area contributed by atoms with E-state index in [0.29, 0.717) is 13.1 Å². The minimum atomic E-state index is -0.535. The average Bonchev–Trinajstić information content (AvgIpc) is 2.45. The quantitative estimate of drug-likeness (QED) is 0.817. The maximum atomic E-state index is 11.3. The lowest BCUT2D eigenvalue weighted by atomic mass is 9.96. The van der Waals surface area contributed by atoms with Gasteiger partial charge in [-0.1, -0.05) is 0 Å². The molecule has 2 aliphatic heterocycles. The zero-order valence-electron chi connectivity index (χ0n) is 13.0. The van der Waals surface area contributed by atoms with E-state index in [1.165, 1.54) is 0 Å². The molecular formula is C16H21BrN2O3. The summed E-state index contributed by atoms with van der Waals surface area (Å²) in [5.41, 5.74) is 0.441. The fraction of sp³-hybridized carbons (Fsp3) is 0.625. The first kappa shape index (κ1) is 15.9. The fourth-order valence-corrected chi connectivity index (χ4v) is 3.18. The standard InChI is InChI=1S/C16H21BrN2O3/c1-16(2,22-14-5-3-4-6-21-14)13-7-11(17)8-18-15(13)19-9-12(20)10-19/h7-8,14H,3-6,9-10H2,1-2H3/t14-/m0/s1. The minimum Gasteiger partial charge on any atom is -0.353 e. The van der Waals surface area contributed by atoms with Crippen molar-refractivity contribution >= 4 is 27.5 Å². The number of Topliss-reactive ketones (excluding diaryl/α,β-unsaturated/α-hetero) is 1. The van der Waals surface area contributed by atoms with Gasteiger partial charge in [-0.2, -0.15) is 0 Å². The smallest absolute Gasteiger partial charge is 0.171 e. The Kier molecular flexibility index (Phi) is 4.52. The van der Waals surface area contributed by atoms with E-state index in [-0.39, 0.29) is 12.1 Å². The van der Waals surface area contributed by atoms with Crippen molar-refractivity contribution in [3.63, 3.8) is 0 Å². The van der Waals surface area contributed by atoms with Crippen molar-refractivity contribution in [2.24, 2.45) is 0 Å².